The molecule has 2 fully saturated rings. The molecule has 1 atom stereocenters. The first kappa shape index (κ1) is 8.71. The summed E-state index contributed by atoms with van der Waals surface area (Å²) in [5.74, 6) is 0.232. The van der Waals surface area contributed by atoms with Gasteiger partial charge in [-0.25, -0.2) is 0 Å². The Morgan fingerprint density at radius 1 is 1.50 bits per heavy atom. The third kappa shape index (κ3) is 1.23. The summed E-state index contributed by atoms with van der Waals surface area (Å²) in [4.78, 5) is 11.7. The lowest BCUT2D eigenvalue weighted by molar-refractivity contribution is -0.128. The largest absolute Gasteiger partial charge is 0.313 e. The van der Waals surface area contributed by atoms with Gasteiger partial charge < -0.3 is 10.6 Å². The Kier molecular flexibility index (Phi) is 2.26. The van der Waals surface area contributed by atoms with Crippen molar-refractivity contribution < 1.29 is 4.79 Å². The first-order chi connectivity index (χ1) is 5.75. The molecule has 12 heavy (non-hydrogen) atoms. The van der Waals surface area contributed by atoms with Gasteiger partial charge in [0.2, 0.25) is 0 Å². The van der Waals surface area contributed by atoms with Crippen LogP contribution < -0.4 is 10.6 Å². The Balaban J connectivity index is 2.14. The zero-order valence-corrected chi connectivity index (χ0v) is 8.93. The van der Waals surface area contributed by atoms with E-state index in [1.807, 2.05) is 0 Å². The maximum Gasteiger partial charge on any atom is 0.252 e. The molecule has 0 aliphatic carbocycles. The maximum absolute atomic E-state index is 11.7. The van der Waals surface area contributed by atoms with Gasteiger partial charge in [0.15, 0.2) is 0 Å². The van der Waals surface area contributed by atoms with Crippen LogP contribution in [-0.4, -0.2) is 40.7 Å². The highest BCUT2D eigenvalue weighted by Gasteiger charge is 2.46. The minimum Gasteiger partial charge on any atom is -0.313 e. The maximum atomic E-state index is 11.7. The van der Waals surface area contributed by atoms with Crippen LogP contribution in [0.1, 0.15) is 6.42 Å². The van der Waals surface area contributed by atoms with Crippen LogP contribution in [0.25, 0.3) is 0 Å². The molecule has 2 N–H and O–H groups in total. The zero-order valence-electron chi connectivity index (χ0n) is 6.77. The smallest absolute Gasteiger partial charge is 0.252 e. The van der Waals surface area contributed by atoms with Crippen molar-refractivity contribution in [1.82, 2.24) is 13.7 Å². The van der Waals surface area contributed by atoms with Gasteiger partial charge in [-0.2, -0.15) is 0 Å². The van der Waals surface area contributed by atoms with Crippen molar-refractivity contribution in [3.63, 3.8) is 0 Å². The number of nitrogens with one attached hydrogen (secondary N) is 2. The Bertz CT molecular complexity index is 197. The minimum atomic E-state index is -0.278. The van der Waals surface area contributed by atoms with Gasteiger partial charge in [-0.3, -0.25) is 7.91 Å². The summed E-state index contributed by atoms with van der Waals surface area (Å²) in [6, 6.07) is 0. The van der Waals surface area contributed by atoms with Crippen LogP contribution >= 0.6 is 22.9 Å². The molecule has 2 rings (SSSR count). The lowest BCUT2D eigenvalue weighted by Gasteiger charge is -2.32. The van der Waals surface area contributed by atoms with E-state index in [2.05, 4.69) is 33.5 Å². The van der Waals surface area contributed by atoms with Crippen LogP contribution in [-0.2, 0) is 4.79 Å². The number of hydrogen-bond donors (Lipinski definition) is 2. The SMILES string of the molecule is O=C1N(I)CCC12CNCCN2. The predicted molar refractivity (Wildman–Crippen MR) is 54.0 cm³/mol. The van der Waals surface area contributed by atoms with Gasteiger partial charge in [0, 0.05) is 26.2 Å². The van der Waals surface area contributed by atoms with Crippen molar-refractivity contribution in [1.29, 1.82) is 0 Å². The van der Waals surface area contributed by atoms with E-state index >= 15 is 0 Å². The summed E-state index contributed by atoms with van der Waals surface area (Å²) >= 11 is 2.09. The standard InChI is InChI=1S/C7H12IN3O/c8-11-4-1-7(6(11)12)5-9-2-3-10-7/h9-10H,1-5H2. The molecule has 0 radical (unpaired) electrons. The van der Waals surface area contributed by atoms with E-state index in [4.69, 9.17) is 0 Å². The first-order valence-corrected chi connectivity index (χ1v) is 5.15. The van der Waals surface area contributed by atoms with Gasteiger partial charge in [0.1, 0.15) is 5.54 Å². The van der Waals surface area contributed by atoms with Crippen molar-refractivity contribution in [2.24, 2.45) is 0 Å². The second kappa shape index (κ2) is 3.12. The van der Waals surface area contributed by atoms with Crippen molar-refractivity contribution in [3.05, 3.63) is 0 Å². The Morgan fingerprint density at radius 3 is 2.83 bits per heavy atom. The van der Waals surface area contributed by atoms with Gasteiger partial charge in [-0.05, 0) is 6.42 Å². The molecule has 0 saturated carbocycles. The number of carbonyl (C=O) groups excluding carboxylic acids is 1. The van der Waals surface area contributed by atoms with E-state index in [1.54, 1.807) is 3.11 Å². The third-order valence-corrected chi connectivity index (χ3v) is 3.48. The highest BCUT2D eigenvalue weighted by atomic mass is 127. The van der Waals surface area contributed by atoms with Gasteiger partial charge in [0.25, 0.3) is 5.91 Å². The number of hydrogen-bond acceptors (Lipinski definition) is 3. The average Bonchev–Trinajstić information content (AvgIpc) is 2.37. The minimum absolute atomic E-state index is 0.232. The van der Waals surface area contributed by atoms with Gasteiger partial charge >= 0.3 is 0 Å². The number of piperazine rings is 1. The summed E-state index contributed by atoms with van der Waals surface area (Å²) in [5.41, 5.74) is -0.278. The van der Waals surface area contributed by atoms with E-state index in [0.717, 1.165) is 32.6 Å². The lowest BCUT2D eigenvalue weighted by Crippen LogP contribution is -2.62. The predicted octanol–water partition coefficient (Wildman–Crippen LogP) is -0.500. The van der Waals surface area contributed by atoms with E-state index in [0.29, 0.717) is 0 Å². The monoisotopic (exact) mass is 281 g/mol. The second-order valence-electron chi connectivity index (χ2n) is 3.33. The molecule has 2 heterocycles. The highest BCUT2D eigenvalue weighted by molar-refractivity contribution is 14.1. The number of carbonyl (C=O) groups is 1. The lowest BCUT2D eigenvalue weighted by atomic mass is 9.96. The molecule has 1 unspecified atom stereocenters. The molecule has 0 aromatic heterocycles. The van der Waals surface area contributed by atoms with Crippen molar-refractivity contribution in [3.8, 4) is 0 Å². The molecule has 5 heteroatoms. The molecular formula is C7H12IN3O. The Morgan fingerprint density at radius 2 is 2.33 bits per heavy atom. The molecule has 1 spiro atoms. The van der Waals surface area contributed by atoms with Crippen LogP contribution in [0.15, 0.2) is 0 Å². The van der Waals surface area contributed by atoms with E-state index < -0.39 is 0 Å². The summed E-state index contributed by atoms with van der Waals surface area (Å²) in [6.45, 7) is 3.52. The van der Waals surface area contributed by atoms with Crippen LogP contribution in [0.5, 0.6) is 0 Å². The fraction of sp³-hybridized carbons (Fsp3) is 0.857. The van der Waals surface area contributed by atoms with Crippen LogP contribution in [0.2, 0.25) is 0 Å². The Labute approximate surface area is 85.6 Å². The van der Waals surface area contributed by atoms with E-state index in [-0.39, 0.29) is 11.4 Å². The molecule has 4 nitrogen and oxygen atoms in total. The van der Waals surface area contributed by atoms with Crippen LogP contribution in [0, 0.1) is 0 Å². The van der Waals surface area contributed by atoms with Gasteiger partial charge in [0.05, 0.1) is 22.9 Å². The molecule has 2 aliphatic rings. The molecule has 0 bridgehead atoms. The highest BCUT2D eigenvalue weighted by Crippen LogP contribution is 2.25. The zero-order chi connectivity index (χ0) is 8.60. The topological polar surface area (TPSA) is 44.4 Å². The molecular weight excluding hydrogens is 269 g/mol. The third-order valence-electron chi connectivity index (χ3n) is 2.56. The molecule has 2 saturated heterocycles. The fourth-order valence-corrected chi connectivity index (χ4v) is 2.52. The number of nitrogens with zero attached hydrogens (tertiary/aromatic N) is 1. The van der Waals surface area contributed by atoms with Crippen molar-refractivity contribution >= 4 is 28.8 Å². The molecule has 2 aliphatic heterocycles. The van der Waals surface area contributed by atoms with Crippen molar-refractivity contribution in [2.45, 2.75) is 12.0 Å². The fourth-order valence-electron chi connectivity index (χ4n) is 1.81. The molecule has 0 aromatic rings. The average molecular weight is 281 g/mol. The van der Waals surface area contributed by atoms with Gasteiger partial charge in [-0.15, -0.1) is 0 Å². The summed E-state index contributed by atoms with van der Waals surface area (Å²) in [5, 5.41) is 6.57. The molecule has 0 aromatic carbocycles. The number of halogens is 1. The van der Waals surface area contributed by atoms with E-state index in [1.165, 1.54) is 0 Å². The number of amides is 1. The normalized spacial score (nSPS) is 36.4. The first-order valence-electron chi connectivity index (χ1n) is 4.18. The number of rotatable bonds is 0. The molecule has 68 valence electrons. The van der Waals surface area contributed by atoms with Crippen LogP contribution in [0.3, 0.4) is 0 Å². The Hall–Kier alpha value is 0.120. The molecule has 1 amide bonds. The van der Waals surface area contributed by atoms with E-state index in [9.17, 15) is 4.79 Å². The van der Waals surface area contributed by atoms with Gasteiger partial charge in [-0.1, -0.05) is 0 Å². The quantitative estimate of drug-likeness (QED) is 0.465. The second-order valence-corrected chi connectivity index (χ2v) is 4.49. The summed E-state index contributed by atoms with van der Waals surface area (Å²) < 4.78 is 1.78. The summed E-state index contributed by atoms with van der Waals surface area (Å²) in [6.07, 6.45) is 0.932. The van der Waals surface area contributed by atoms with Crippen molar-refractivity contribution in [2.75, 3.05) is 26.2 Å². The van der Waals surface area contributed by atoms with Crippen LogP contribution in [0.4, 0.5) is 0 Å². The summed E-state index contributed by atoms with van der Waals surface area (Å²) in [7, 11) is 0.